The summed E-state index contributed by atoms with van der Waals surface area (Å²) in [6.07, 6.45) is 0. The number of halogens is 2. The average Bonchev–Trinajstić information content (AvgIpc) is 2.42. The lowest BCUT2D eigenvalue weighted by Gasteiger charge is -2.10. The number of nitrogens with zero attached hydrogens (tertiary/aromatic N) is 1. The lowest BCUT2D eigenvalue weighted by Crippen LogP contribution is -2.11. The molecule has 2 aromatic rings. The van der Waals surface area contributed by atoms with Crippen LogP contribution >= 0.6 is 27.5 Å². The Morgan fingerprint density at radius 3 is 2.37 bits per heavy atom. The maximum Gasteiger partial charge on any atom is 0.185 e. The molecule has 2 nitrogen and oxygen atoms in total. The Hall–Kier alpha value is -1.63. The summed E-state index contributed by atoms with van der Waals surface area (Å²) in [5.41, 5.74) is 1.15. The SMILES string of the molecule is N#CC(C(=O)c1ccccc1Br)c1ccc(Cl)cc1. The smallest absolute Gasteiger partial charge is 0.185 e. The molecule has 1 atom stereocenters. The zero-order chi connectivity index (χ0) is 13.8. The van der Waals surface area contributed by atoms with E-state index in [2.05, 4.69) is 15.9 Å². The minimum Gasteiger partial charge on any atom is -0.292 e. The van der Waals surface area contributed by atoms with Crippen LogP contribution in [0.3, 0.4) is 0 Å². The van der Waals surface area contributed by atoms with Gasteiger partial charge >= 0.3 is 0 Å². The summed E-state index contributed by atoms with van der Waals surface area (Å²) in [6, 6.07) is 15.9. The van der Waals surface area contributed by atoms with Crippen molar-refractivity contribution in [3.8, 4) is 6.07 Å². The molecule has 0 spiro atoms. The van der Waals surface area contributed by atoms with E-state index < -0.39 is 5.92 Å². The van der Waals surface area contributed by atoms with Crippen LogP contribution in [0.5, 0.6) is 0 Å². The van der Waals surface area contributed by atoms with Crippen LogP contribution in [0.2, 0.25) is 5.02 Å². The standard InChI is InChI=1S/C15H9BrClNO/c16-14-4-2-1-3-12(14)15(19)13(9-18)10-5-7-11(17)8-6-10/h1-8,13H. The first-order valence-electron chi connectivity index (χ1n) is 5.57. The van der Waals surface area contributed by atoms with Gasteiger partial charge in [-0.2, -0.15) is 5.26 Å². The fourth-order valence-corrected chi connectivity index (χ4v) is 2.36. The number of rotatable bonds is 3. The topological polar surface area (TPSA) is 40.9 Å². The van der Waals surface area contributed by atoms with Crippen LogP contribution in [0, 0.1) is 11.3 Å². The van der Waals surface area contributed by atoms with Crippen LogP contribution in [0.1, 0.15) is 21.8 Å². The van der Waals surface area contributed by atoms with Gasteiger partial charge < -0.3 is 0 Å². The zero-order valence-electron chi connectivity index (χ0n) is 9.81. The first kappa shape index (κ1) is 13.8. The van der Waals surface area contributed by atoms with E-state index >= 15 is 0 Å². The third kappa shape index (κ3) is 3.04. The molecule has 2 aromatic carbocycles. The molecule has 0 amide bonds. The van der Waals surface area contributed by atoms with Gasteiger partial charge in [-0.15, -0.1) is 0 Å². The Kier molecular flexibility index (Phi) is 4.36. The molecule has 0 aromatic heterocycles. The molecule has 0 saturated heterocycles. The molecule has 4 heteroatoms. The van der Waals surface area contributed by atoms with Gasteiger partial charge in [-0.25, -0.2) is 0 Å². The van der Waals surface area contributed by atoms with Crippen molar-refractivity contribution in [1.29, 1.82) is 5.26 Å². The van der Waals surface area contributed by atoms with Crippen LogP contribution in [-0.2, 0) is 0 Å². The lowest BCUT2D eigenvalue weighted by molar-refractivity contribution is 0.0978. The number of nitriles is 1. The minimum atomic E-state index is -0.823. The quantitative estimate of drug-likeness (QED) is 0.770. The van der Waals surface area contributed by atoms with Crippen molar-refractivity contribution in [2.45, 2.75) is 5.92 Å². The number of carbonyl (C=O) groups excluding carboxylic acids is 1. The Balaban J connectivity index is 2.38. The average molecular weight is 335 g/mol. The highest BCUT2D eigenvalue weighted by Crippen LogP contribution is 2.26. The van der Waals surface area contributed by atoms with Crippen molar-refractivity contribution in [1.82, 2.24) is 0 Å². The number of ketones is 1. The summed E-state index contributed by atoms with van der Waals surface area (Å²) in [5.74, 6) is -1.05. The first-order chi connectivity index (χ1) is 9.13. The maximum absolute atomic E-state index is 12.4. The fourth-order valence-electron chi connectivity index (χ4n) is 1.76. The van der Waals surface area contributed by atoms with Gasteiger partial charge in [0.1, 0.15) is 5.92 Å². The number of hydrogen-bond acceptors (Lipinski definition) is 2. The highest BCUT2D eigenvalue weighted by molar-refractivity contribution is 9.10. The Bertz CT molecular complexity index is 646. The Morgan fingerprint density at radius 1 is 1.16 bits per heavy atom. The van der Waals surface area contributed by atoms with Gasteiger partial charge in [0.2, 0.25) is 0 Å². The highest BCUT2D eigenvalue weighted by Gasteiger charge is 2.23. The second-order valence-corrected chi connectivity index (χ2v) is 5.25. The van der Waals surface area contributed by atoms with E-state index in [-0.39, 0.29) is 5.78 Å². The van der Waals surface area contributed by atoms with Gasteiger partial charge in [-0.3, -0.25) is 4.79 Å². The van der Waals surface area contributed by atoms with Crippen molar-refractivity contribution in [3.05, 3.63) is 69.2 Å². The number of carbonyl (C=O) groups is 1. The van der Waals surface area contributed by atoms with Gasteiger partial charge in [-0.05, 0) is 23.8 Å². The van der Waals surface area contributed by atoms with Crippen LogP contribution in [0.4, 0.5) is 0 Å². The number of Topliss-reactive ketones (excluding diaryl/α,β-unsaturated/α-hetero) is 1. The zero-order valence-corrected chi connectivity index (χ0v) is 12.1. The van der Waals surface area contributed by atoms with Crippen molar-refractivity contribution >= 4 is 33.3 Å². The van der Waals surface area contributed by atoms with Crippen molar-refractivity contribution in [2.75, 3.05) is 0 Å². The molecule has 0 radical (unpaired) electrons. The van der Waals surface area contributed by atoms with Gasteiger partial charge in [0.15, 0.2) is 5.78 Å². The second-order valence-electron chi connectivity index (χ2n) is 3.96. The molecule has 0 N–H and O–H groups in total. The Morgan fingerprint density at radius 2 is 1.79 bits per heavy atom. The monoisotopic (exact) mass is 333 g/mol. The van der Waals surface area contributed by atoms with Gasteiger partial charge in [-0.1, -0.05) is 57.9 Å². The van der Waals surface area contributed by atoms with Gasteiger partial charge in [0, 0.05) is 15.1 Å². The van der Waals surface area contributed by atoms with E-state index in [0.29, 0.717) is 20.6 Å². The minimum absolute atomic E-state index is 0.225. The Labute approximate surface area is 124 Å². The number of hydrogen-bond donors (Lipinski definition) is 0. The summed E-state index contributed by atoms with van der Waals surface area (Å²) < 4.78 is 0.689. The molecule has 1 unspecified atom stereocenters. The summed E-state index contributed by atoms with van der Waals surface area (Å²) in [6.45, 7) is 0. The molecule has 0 saturated carbocycles. The van der Waals surface area contributed by atoms with Crippen LogP contribution in [0.15, 0.2) is 53.0 Å². The summed E-state index contributed by atoms with van der Waals surface area (Å²) in [4.78, 5) is 12.4. The van der Waals surface area contributed by atoms with Crippen LogP contribution in [0.25, 0.3) is 0 Å². The van der Waals surface area contributed by atoms with E-state index in [1.807, 2.05) is 12.1 Å². The maximum atomic E-state index is 12.4. The molecule has 0 heterocycles. The summed E-state index contributed by atoms with van der Waals surface area (Å²) in [5, 5.41) is 9.83. The molecule has 2 rings (SSSR count). The molecular weight excluding hydrogens is 326 g/mol. The number of benzene rings is 2. The van der Waals surface area contributed by atoms with Crippen LogP contribution in [-0.4, -0.2) is 5.78 Å². The molecule has 0 aliphatic rings. The normalized spacial score (nSPS) is 11.6. The van der Waals surface area contributed by atoms with Crippen molar-refractivity contribution in [3.63, 3.8) is 0 Å². The molecule has 0 fully saturated rings. The van der Waals surface area contributed by atoms with E-state index in [1.54, 1.807) is 42.5 Å². The highest BCUT2D eigenvalue weighted by atomic mass is 79.9. The first-order valence-corrected chi connectivity index (χ1v) is 6.74. The fraction of sp³-hybridized carbons (Fsp3) is 0.0667. The third-order valence-corrected chi connectivity index (χ3v) is 3.68. The molecular formula is C15H9BrClNO. The van der Waals surface area contributed by atoms with Gasteiger partial charge in [0.25, 0.3) is 0 Å². The summed E-state index contributed by atoms with van der Waals surface area (Å²) >= 11 is 9.13. The second kappa shape index (κ2) is 6.01. The predicted octanol–water partition coefficient (Wildman–Crippen LogP) is 4.59. The molecule has 0 aliphatic heterocycles. The van der Waals surface area contributed by atoms with E-state index in [1.165, 1.54) is 0 Å². The van der Waals surface area contributed by atoms with E-state index in [9.17, 15) is 10.1 Å². The molecule has 19 heavy (non-hydrogen) atoms. The van der Waals surface area contributed by atoms with Crippen LogP contribution < -0.4 is 0 Å². The van der Waals surface area contributed by atoms with E-state index in [4.69, 9.17) is 11.6 Å². The predicted molar refractivity (Wildman–Crippen MR) is 78.3 cm³/mol. The lowest BCUT2D eigenvalue weighted by atomic mass is 9.92. The molecule has 94 valence electrons. The molecule has 0 aliphatic carbocycles. The van der Waals surface area contributed by atoms with Crippen molar-refractivity contribution in [2.24, 2.45) is 0 Å². The third-order valence-electron chi connectivity index (χ3n) is 2.73. The largest absolute Gasteiger partial charge is 0.292 e. The van der Waals surface area contributed by atoms with Crippen molar-refractivity contribution < 1.29 is 4.79 Å². The molecule has 0 bridgehead atoms. The van der Waals surface area contributed by atoms with Gasteiger partial charge in [0.05, 0.1) is 6.07 Å². The summed E-state index contributed by atoms with van der Waals surface area (Å²) in [7, 11) is 0. The van der Waals surface area contributed by atoms with E-state index in [0.717, 1.165) is 0 Å².